The van der Waals surface area contributed by atoms with Crippen LogP contribution in [-0.2, 0) is 18.3 Å². The minimum Gasteiger partial charge on any atom is -0.455 e. The molecule has 0 radical (unpaired) electrons. The molecule has 12 heteroatoms. The zero-order chi connectivity index (χ0) is 28.9. The summed E-state index contributed by atoms with van der Waals surface area (Å²) in [5, 5.41) is 8.36. The molecule has 0 atom stereocenters. The smallest absolute Gasteiger partial charge is 0.323 e. The second-order valence-electron chi connectivity index (χ2n) is 9.22. The summed E-state index contributed by atoms with van der Waals surface area (Å²) < 4.78 is 41.3. The molecule has 3 N–H and O–H groups in total. The van der Waals surface area contributed by atoms with Crippen LogP contribution in [0, 0.1) is 18.6 Å². The predicted molar refractivity (Wildman–Crippen MR) is 156 cm³/mol. The standard InChI is InChI=1S/C29H28F2N6O3S/c1-17-12-19(35-29(38)36-22-6-4-18(30)13-21(22)31)5-7-24(17)40-25-8-9-33-23-14-26(41-27(23)25)28-34-16-20(37(28)2)15-32-10-11-39-3/h4-9,12-14,16,32H,10-11,15H2,1-3H3,(H2,35,36,38). The van der Waals surface area contributed by atoms with E-state index in [2.05, 4.69) is 30.5 Å². The number of amides is 2. The highest BCUT2D eigenvalue weighted by molar-refractivity contribution is 7.22. The molecule has 3 heterocycles. The number of anilines is 2. The fourth-order valence-corrected chi connectivity index (χ4v) is 5.27. The number of pyridine rings is 1. The lowest BCUT2D eigenvalue weighted by Gasteiger charge is -2.12. The van der Waals surface area contributed by atoms with Gasteiger partial charge in [0.25, 0.3) is 0 Å². The van der Waals surface area contributed by atoms with Crippen LogP contribution in [-0.4, -0.2) is 40.8 Å². The number of rotatable bonds is 10. The van der Waals surface area contributed by atoms with Gasteiger partial charge in [-0.05, 0) is 48.9 Å². The minimum atomic E-state index is -0.862. The van der Waals surface area contributed by atoms with Gasteiger partial charge in [0, 0.05) is 51.3 Å². The van der Waals surface area contributed by atoms with Crippen molar-refractivity contribution in [3.63, 3.8) is 0 Å². The van der Waals surface area contributed by atoms with Gasteiger partial charge in [-0.15, -0.1) is 11.3 Å². The number of fused-ring (bicyclic) bond motifs is 1. The molecule has 5 aromatic rings. The van der Waals surface area contributed by atoms with Crippen LogP contribution in [0.2, 0.25) is 0 Å². The summed E-state index contributed by atoms with van der Waals surface area (Å²) >= 11 is 1.55. The SMILES string of the molecule is COCCNCc1cnc(-c2cc3nccc(Oc4ccc(NC(=O)Nc5ccc(F)cc5F)cc4C)c3s2)n1C. The topological polar surface area (TPSA) is 102 Å². The summed E-state index contributed by atoms with van der Waals surface area (Å²) in [4.78, 5) is 22.5. The number of benzene rings is 2. The van der Waals surface area contributed by atoms with Crippen molar-refractivity contribution in [3.05, 3.63) is 83.8 Å². The van der Waals surface area contributed by atoms with Crippen LogP contribution >= 0.6 is 11.3 Å². The third-order valence-electron chi connectivity index (χ3n) is 6.30. The van der Waals surface area contributed by atoms with E-state index in [9.17, 15) is 13.6 Å². The maximum absolute atomic E-state index is 13.9. The Morgan fingerprint density at radius 3 is 2.68 bits per heavy atom. The van der Waals surface area contributed by atoms with Crippen LogP contribution < -0.4 is 20.7 Å². The lowest BCUT2D eigenvalue weighted by molar-refractivity contribution is 0.199. The van der Waals surface area contributed by atoms with E-state index in [1.165, 1.54) is 0 Å². The summed E-state index contributed by atoms with van der Waals surface area (Å²) in [7, 11) is 3.66. The van der Waals surface area contributed by atoms with E-state index in [1.54, 1.807) is 42.8 Å². The molecule has 0 aliphatic rings. The Kier molecular flexibility index (Phi) is 8.53. The van der Waals surface area contributed by atoms with Gasteiger partial charge in [0.1, 0.15) is 29.0 Å². The number of aryl methyl sites for hydroxylation is 1. The lowest BCUT2D eigenvalue weighted by Crippen LogP contribution is -2.20. The monoisotopic (exact) mass is 578 g/mol. The molecular formula is C29H28F2N6O3S. The molecule has 41 heavy (non-hydrogen) atoms. The lowest BCUT2D eigenvalue weighted by atomic mass is 10.2. The number of imidazole rings is 1. The van der Waals surface area contributed by atoms with Gasteiger partial charge >= 0.3 is 6.03 Å². The molecular weight excluding hydrogens is 550 g/mol. The first-order valence-corrected chi connectivity index (χ1v) is 13.5. The van der Waals surface area contributed by atoms with Gasteiger partial charge < -0.3 is 30.0 Å². The second kappa shape index (κ2) is 12.4. The number of carbonyl (C=O) groups is 1. The van der Waals surface area contributed by atoms with Crippen molar-refractivity contribution < 1.29 is 23.0 Å². The van der Waals surface area contributed by atoms with Crippen LogP contribution in [0.4, 0.5) is 25.0 Å². The zero-order valence-electron chi connectivity index (χ0n) is 22.6. The first-order chi connectivity index (χ1) is 19.8. The number of hydrogen-bond acceptors (Lipinski definition) is 7. The van der Waals surface area contributed by atoms with E-state index in [-0.39, 0.29) is 5.69 Å². The minimum absolute atomic E-state index is 0.127. The maximum Gasteiger partial charge on any atom is 0.323 e. The van der Waals surface area contributed by atoms with Crippen molar-refractivity contribution in [3.8, 4) is 22.2 Å². The van der Waals surface area contributed by atoms with Crippen molar-refractivity contribution in [2.45, 2.75) is 13.5 Å². The van der Waals surface area contributed by atoms with Crippen molar-refractivity contribution >= 4 is 39.0 Å². The first-order valence-electron chi connectivity index (χ1n) is 12.7. The molecule has 0 aliphatic heterocycles. The van der Waals surface area contributed by atoms with Crippen molar-refractivity contribution in [2.24, 2.45) is 7.05 Å². The number of methoxy groups -OCH3 is 1. The Hall–Kier alpha value is -4.39. The van der Waals surface area contributed by atoms with Gasteiger partial charge in [-0.2, -0.15) is 0 Å². The first kappa shape index (κ1) is 28.1. The van der Waals surface area contributed by atoms with Gasteiger partial charge in [-0.1, -0.05) is 0 Å². The quantitative estimate of drug-likeness (QED) is 0.165. The Morgan fingerprint density at radius 1 is 1.05 bits per heavy atom. The fraction of sp³-hybridized carbons (Fsp3) is 0.207. The maximum atomic E-state index is 13.9. The Balaban J connectivity index is 1.29. The summed E-state index contributed by atoms with van der Waals surface area (Å²) in [6.07, 6.45) is 3.56. The molecule has 9 nitrogen and oxygen atoms in total. The molecule has 212 valence electrons. The molecule has 0 saturated heterocycles. The van der Waals surface area contributed by atoms with E-state index >= 15 is 0 Å². The highest BCUT2D eigenvalue weighted by atomic mass is 32.1. The highest BCUT2D eigenvalue weighted by Crippen LogP contribution is 2.39. The Bertz CT molecular complexity index is 1700. The molecule has 0 saturated carbocycles. The molecule has 5 rings (SSSR count). The molecule has 2 amide bonds. The average Bonchev–Trinajstić information content (AvgIpc) is 3.53. The van der Waals surface area contributed by atoms with Gasteiger partial charge in [-0.3, -0.25) is 4.98 Å². The molecule has 0 aliphatic carbocycles. The van der Waals surface area contributed by atoms with E-state index < -0.39 is 17.7 Å². The van der Waals surface area contributed by atoms with E-state index in [4.69, 9.17) is 9.47 Å². The Morgan fingerprint density at radius 2 is 1.90 bits per heavy atom. The van der Waals surface area contributed by atoms with Crippen LogP contribution in [0.1, 0.15) is 11.3 Å². The van der Waals surface area contributed by atoms with Crippen LogP contribution in [0.3, 0.4) is 0 Å². The molecule has 0 spiro atoms. The number of nitrogens with zero attached hydrogens (tertiary/aromatic N) is 3. The number of nitrogens with one attached hydrogen (secondary N) is 3. The highest BCUT2D eigenvalue weighted by Gasteiger charge is 2.16. The van der Waals surface area contributed by atoms with E-state index in [1.807, 2.05) is 32.3 Å². The number of aromatic nitrogens is 3. The summed E-state index contributed by atoms with van der Waals surface area (Å²) in [6.45, 7) is 3.93. The number of urea groups is 1. The van der Waals surface area contributed by atoms with Crippen molar-refractivity contribution in [2.75, 3.05) is 30.9 Å². The number of carbonyl (C=O) groups excluding carboxylic acids is 1. The number of hydrogen-bond donors (Lipinski definition) is 3. The number of halogens is 2. The van der Waals surface area contributed by atoms with E-state index in [0.29, 0.717) is 36.4 Å². The number of ether oxygens (including phenoxy) is 2. The summed E-state index contributed by atoms with van der Waals surface area (Å²) in [6, 6.07) is 11.2. The van der Waals surface area contributed by atoms with Gasteiger partial charge in [0.05, 0.1) is 39.3 Å². The van der Waals surface area contributed by atoms with Crippen LogP contribution in [0.15, 0.2) is 60.9 Å². The largest absolute Gasteiger partial charge is 0.455 e. The van der Waals surface area contributed by atoms with Crippen LogP contribution in [0.25, 0.3) is 20.9 Å². The second-order valence-corrected chi connectivity index (χ2v) is 10.3. The molecule has 0 fully saturated rings. The third-order valence-corrected chi connectivity index (χ3v) is 7.44. The van der Waals surface area contributed by atoms with Gasteiger partial charge in [0.2, 0.25) is 0 Å². The van der Waals surface area contributed by atoms with Crippen molar-refractivity contribution in [1.29, 1.82) is 0 Å². The van der Waals surface area contributed by atoms with Gasteiger partial charge in [-0.25, -0.2) is 18.6 Å². The zero-order valence-corrected chi connectivity index (χ0v) is 23.4. The molecule has 2 aromatic carbocycles. The molecule has 3 aromatic heterocycles. The van der Waals surface area contributed by atoms with Gasteiger partial charge in [0.15, 0.2) is 0 Å². The molecule has 0 unspecified atom stereocenters. The predicted octanol–water partition coefficient (Wildman–Crippen LogP) is 6.46. The van der Waals surface area contributed by atoms with Crippen LogP contribution in [0.5, 0.6) is 11.5 Å². The summed E-state index contributed by atoms with van der Waals surface area (Å²) in [5.41, 5.74) is 2.98. The number of thiophene rings is 1. The summed E-state index contributed by atoms with van der Waals surface area (Å²) in [5.74, 6) is 0.504. The third kappa shape index (κ3) is 6.51. The molecule has 0 bridgehead atoms. The normalized spacial score (nSPS) is 11.1. The van der Waals surface area contributed by atoms with Crippen molar-refractivity contribution in [1.82, 2.24) is 19.9 Å². The fourth-order valence-electron chi connectivity index (χ4n) is 4.17. The average molecular weight is 579 g/mol. The van der Waals surface area contributed by atoms with E-state index in [0.717, 1.165) is 50.9 Å². The Labute approximate surface area is 239 Å².